The molecule has 0 saturated heterocycles. The topological polar surface area (TPSA) is 23.0 Å². The van der Waals surface area contributed by atoms with E-state index >= 15 is 0 Å². The fraction of sp³-hybridized carbons (Fsp3) is 0. The number of rotatable bonds is 3. The van der Waals surface area contributed by atoms with Crippen molar-refractivity contribution in [2.75, 3.05) is 0 Å². The SMILES string of the molecule is c1ccc(-c2cccc(-n3c4ccccc4c4c3ccc3c5c6oc7ccccc7c6ccc5n(-c5cccc6ccccc56)c34)c2)cc1. The predicted molar refractivity (Wildman–Crippen MR) is 205 cm³/mol. The van der Waals surface area contributed by atoms with Crippen molar-refractivity contribution in [1.82, 2.24) is 9.13 Å². The Hall–Kier alpha value is -6.58. The molecule has 0 fully saturated rings. The first kappa shape index (κ1) is 26.5. The Labute approximate surface area is 281 Å². The first-order valence-corrected chi connectivity index (χ1v) is 16.8. The second kappa shape index (κ2) is 9.96. The zero-order valence-corrected chi connectivity index (χ0v) is 26.5. The summed E-state index contributed by atoms with van der Waals surface area (Å²) in [7, 11) is 0. The molecule has 3 nitrogen and oxygen atoms in total. The van der Waals surface area contributed by atoms with Gasteiger partial charge in [0, 0.05) is 38.0 Å². The highest BCUT2D eigenvalue weighted by Gasteiger charge is 2.24. The summed E-state index contributed by atoms with van der Waals surface area (Å²) < 4.78 is 11.6. The molecule has 0 spiro atoms. The Morgan fingerprint density at radius 2 is 1.06 bits per heavy atom. The van der Waals surface area contributed by atoms with E-state index in [-0.39, 0.29) is 0 Å². The van der Waals surface area contributed by atoms with Gasteiger partial charge in [-0.1, -0.05) is 115 Å². The van der Waals surface area contributed by atoms with Crippen LogP contribution in [0.4, 0.5) is 0 Å². The lowest BCUT2D eigenvalue weighted by molar-refractivity contribution is 0.673. The number of aromatic nitrogens is 2. The van der Waals surface area contributed by atoms with E-state index in [9.17, 15) is 0 Å². The van der Waals surface area contributed by atoms with Crippen molar-refractivity contribution in [3.63, 3.8) is 0 Å². The van der Waals surface area contributed by atoms with E-state index in [1.54, 1.807) is 0 Å². The van der Waals surface area contributed by atoms with Crippen molar-refractivity contribution >= 4 is 76.3 Å². The molecule has 0 unspecified atom stereocenters. The highest BCUT2D eigenvalue weighted by atomic mass is 16.3. The fourth-order valence-corrected chi connectivity index (χ4v) is 8.21. The minimum atomic E-state index is 0.909. The van der Waals surface area contributed by atoms with E-state index in [1.165, 1.54) is 54.6 Å². The van der Waals surface area contributed by atoms with Gasteiger partial charge in [0.2, 0.25) is 0 Å². The molecule has 0 aliphatic heterocycles. The summed E-state index contributed by atoms with van der Waals surface area (Å²) in [6.07, 6.45) is 0. The molecule has 3 aromatic heterocycles. The van der Waals surface area contributed by atoms with Crippen LogP contribution in [0.5, 0.6) is 0 Å². The van der Waals surface area contributed by atoms with E-state index in [1.807, 2.05) is 6.07 Å². The van der Waals surface area contributed by atoms with Crippen LogP contribution in [0.2, 0.25) is 0 Å². The fourth-order valence-electron chi connectivity index (χ4n) is 8.21. The molecular formula is C46H28N2O. The molecule has 228 valence electrons. The van der Waals surface area contributed by atoms with Crippen LogP contribution in [0, 0.1) is 0 Å². The van der Waals surface area contributed by atoms with Gasteiger partial charge in [0.05, 0.1) is 33.1 Å². The summed E-state index contributed by atoms with van der Waals surface area (Å²) in [5.41, 5.74) is 11.2. The van der Waals surface area contributed by atoms with Gasteiger partial charge in [0.15, 0.2) is 0 Å². The quantitative estimate of drug-likeness (QED) is 0.192. The summed E-state index contributed by atoms with van der Waals surface area (Å²) in [4.78, 5) is 0. The minimum absolute atomic E-state index is 0.909. The number of nitrogens with zero attached hydrogens (tertiary/aromatic N) is 2. The molecule has 3 heterocycles. The first-order chi connectivity index (χ1) is 24.3. The van der Waals surface area contributed by atoms with Gasteiger partial charge in [-0.2, -0.15) is 0 Å². The summed E-state index contributed by atoms with van der Waals surface area (Å²) in [5.74, 6) is 0. The van der Waals surface area contributed by atoms with Crippen LogP contribution in [0.3, 0.4) is 0 Å². The van der Waals surface area contributed by atoms with E-state index in [4.69, 9.17) is 4.42 Å². The Morgan fingerprint density at radius 1 is 0.388 bits per heavy atom. The molecule has 0 N–H and O–H groups in total. The molecule has 0 radical (unpaired) electrons. The lowest BCUT2D eigenvalue weighted by Gasteiger charge is -2.13. The Kier molecular flexibility index (Phi) is 5.38. The summed E-state index contributed by atoms with van der Waals surface area (Å²) in [6.45, 7) is 0. The van der Waals surface area contributed by atoms with Crippen molar-refractivity contribution in [1.29, 1.82) is 0 Å². The van der Waals surface area contributed by atoms with E-state index in [2.05, 4.69) is 173 Å². The molecule has 11 rings (SSSR count). The van der Waals surface area contributed by atoms with Gasteiger partial charge < -0.3 is 13.6 Å². The Bertz CT molecular complexity index is 3100. The molecule has 0 aliphatic rings. The van der Waals surface area contributed by atoms with E-state index < -0.39 is 0 Å². The Morgan fingerprint density at radius 3 is 1.96 bits per heavy atom. The van der Waals surface area contributed by atoms with Gasteiger partial charge in [-0.05, 0) is 71.1 Å². The molecule has 3 heteroatoms. The minimum Gasteiger partial charge on any atom is -0.455 e. The predicted octanol–water partition coefficient (Wildman–Crippen LogP) is 12.6. The van der Waals surface area contributed by atoms with Crippen molar-refractivity contribution < 1.29 is 4.42 Å². The standard InChI is InChI=1S/C46H28N2O/c1-2-12-29(13-3-1)31-16-10-17-32(28-31)47-39-21-8-6-20-36(39)43-40(47)27-25-37-44-41(26-24-35-34-19-7-9-23-42(34)49-46(35)44)48(45(37)43)38-22-11-15-30-14-4-5-18-33(30)38/h1-28H. The maximum absolute atomic E-state index is 6.72. The van der Waals surface area contributed by atoms with Crippen LogP contribution in [0.1, 0.15) is 0 Å². The average Bonchev–Trinajstić information content (AvgIpc) is 3.82. The van der Waals surface area contributed by atoms with Crippen molar-refractivity contribution in [2.45, 2.75) is 0 Å². The van der Waals surface area contributed by atoms with E-state index in [0.29, 0.717) is 0 Å². The van der Waals surface area contributed by atoms with Gasteiger partial charge in [-0.3, -0.25) is 0 Å². The third-order valence-corrected chi connectivity index (χ3v) is 10.3. The molecular weight excluding hydrogens is 597 g/mol. The van der Waals surface area contributed by atoms with Crippen LogP contribution in [0.15, 0.2) is 174 Å². The van der Waals surface area contributed by atoms with E-state index in [0.717, 1.165) is 44.2 Å². The average molecular weight is 625 g/mol. The van der Waals surface area contributed by atoms with Gasteiger partial charge in [0.25, 0.3) is 0 Å². The largest absolute Gasteiger partial charge is 0.455 e. The third kappa shape index (κ3) is 3.67. The molecule has 0 bridgehead atoms. The van der Waals surface area contributed by atoms with Crippen LogP contribution >= 0.6 is 0 Å². The third-order valence-electron chi connectivity index (χ3n) is 10.3. The highest BCUT2D eigenvalue weighted by Crippen LogP contribution is 2.46. The van der Waals surface area contributed by atoms with Gasteiger partial charge >= 0.3 is 0 Å². The second-order valence-corrected chi connectivity index (χ2v) is 12.9. The molecule has 11 aromatic rings. The number of benzene rings is 8. The van der Waals surface area contributed by atoms with Crippen LogP contribution in [-0.4, -0.2) is 9.13 Å². The maximum atomic E-state index is 6.72. The van der Waals surface area contributed by atoms with Gasteiger partial charge in [-0.25, -0.2) is 0 Å². The lowest BCUT2D eigenvalue weighted by Crippen LogP contribution is -1.96. The zero-order chi connectivity index (χ0) is 32.1. The highest BCUT2D eigenvalue weighted by molar-refractivity contribution is 6.31. The van der Waals surface area contributed by atoms with Crippen LogP contribution < -0.4 is 0 Å². The van der Waals surface area contributed by atoms with Crippen LogP contribution in [0.25, 0.3) is 98.8 Å². The summed E-state index contributed by atoms with van der Waals surface area (Å²) in [5, 5.41) is 9.48. The monoisotopic (exact) mass is 624 g/mol. The molecule has 0 aliphatic carbocycles. The molecule has 0 saturated carbocycles. The summed E-state index contributed by atoms with van der Waals surface area (Å²) in [6, 6.07) is 61.2. The number of hydrogen-bond donors (Lipinski definition) is 0. The van der Waals surface area contributed by atoms with Gasteiger partial charge in [0.1, 0.15) is 11.2 Å². The Balaban J connectivity index is 1.34. The molecule has 49 heavy (non-hydrogen) atoms. The number of para-hydroxylation sites is 2. The van der Waals surface area contributed by atoms with Crippen molar-refractivity contribution in [3.8, 4) is 22.5 Å². The van der Waals surface area contributed by atoms with Crippen molar-refractivity contribution in [3.05, 3.63) is 170 Å². The van der Waals surface area contributed by atoms with Crippen LogP contribution in [-0.2, 0) is 0 Å². The first-order valence-electron chi connectivity index (χ1n) is 16.8. The van der Waals surface area contributed by atoms with Crippen molar-refractivity contribution in [2.24, 2.45) is 0 Å². The normalized spacial score (nSPS) is 12.1. The number of fused-ring (bicyclic) bond motifs is 12. The number of hydrogen-bond acceptors (Lipinski definition) is 1. The zero-order valence-electron chi connectivity index (χ0n) is 26.5. The maximum Gasteiger partial charge on any atom is 0.145 e. The molecule has 8 aromatic carbocycles. The summed E-state index contributed by atoms with van der Waals surface area (Å²) >= 11 is 0. The second-order valence-electron chi connectivity index (χ2n) is 12.9. The lowest BCUT2D eigenvalue weighted by atomic mass is 10.0. The number of furan rings is 1. The molecule has 0 atom stereocenters. The smallest absolute Gasteiger partial charge is 0.145 e. The molecule has 0 amide bonds. The van der Waals surface area contributed by atoms with Gasteiger partial charge in [-0.15, -0.1) is 0 Å².